The lowest BCUT2D eigenvalue weighted by molar-refractivity contribution is 0.631. The normalized spacial score (nSPS) is 11.4. The van der Waals surface area contributed by atoms with E-state index in [2.05, 4.69) is 10.2 Å². The number of para-hydroxylation sites is 1. The van der Waals surface area contributed by atoms with E-state index in [0.717, 1.165) is 33.2 Å². The number of rotatable bonds is 1. The van der Waals surface area contributed by atoms with Crippen LogP contribution in [0.1, 0.15) is 0 Å². The van der Waals surface area contributed by atoms with Gasteiger partial charge >= 0.3 is 0 Å². The van der Waals surface area contributed by atoms with Crippen molar-refractivity contribution in [2.24, 2.45) is 0 Å². The van der Waals surface area contributed by atoms with E-state index in [1.54, 1.807) is 0 Å². The molecule has 0 unspecified atom stereocenters. The molecule has 0 aliphatic heterocycles. The number of benzene rings is 2. The van der Waals surface area contributed by atoms with Crippen molar-refractivity contribution in [2.45, 2.75) is 0 Å². The van der Waals surface area contributed by atoms with Gasteiger partial charge in [-0.1, -0.05) is 24.3 Å². The highest BCUT2D eigenvalue weighted by atomic mass is 16.3. The summed E-state index contributed by atoms with van der Waals surface area (Å²) in [4.78, 5) is 0. The van der Waals surface area contributed by atoms with Crippen LogP contribution < -0.4 is 5.73 Å². The average Bonchev–Trinajstić information content (AvgIpc) is 3.02. The molecule has 3 N–H and O–H groups in total. The highest BCUT2D eigenvalue weighted by molar-refractivity contribution is 5.92. The second-order valence-electron chi connectivity index (χ2n) is 4.52. The quantitative estimate of drug-likeness (QED) is 0.542. The maximum Gasteiger partial charge on any atom is 0.153 e. The second kappa shape index (κ2) is 3.62. The molecule has 0 aliphatic carbocycles. The first kappa shape index (κ1) is 10.2. The molecule has 0 bridgehead atoms. The number of aromatic nitrogens is 2. The lowest BCUT2D eigenvalue weighted by Gasteiger charge is -1.96. The Morgan fingerprint density at radius 1 is 1.05 bits per heavy atom. The number of nitrogen functional groups attached to an aromatic ring is 1. The summed E-state index contributed by atoms with van der Waals surface area (Å²) in [5, 5.41) is 8.94. The summed E-state index contributed by atoms with van der Waals surface area (Å²) in [7, 11) is 0. The summed E-state index contributed by atoms with van der Waals surface area (Å²) < 4.78 is 5.84. The molecule has 0 fully saturated rings. The highest BCUT2D eigenvalue weighted by Crippen LogP contribution is 2.30. The van der Waals surface area contributed by atoms with Crippen LogP contribution in [0.4, 0.5) is 5.82 Å². The van der Waals surface area contributed by atoms with E-state index in [0.29, 0.717) is 5.82 Å². The zero-order valence-corrected chi connectivity index (χ0v) is 10.1. The van der Waals surface area contributed by atoms with Crippen LogP contribution in [0.2, 0.25) is 0 Å². The molecule has 0 saturated heterocycles. The van der Waals surface area contributed by atoms with E-state index in [-0.39, 0.29) is 0 Å². The van der Waals surface area contributed by atoms with Gasteiger partial charge in [0, 0.05) is 16.3 Å². The molecule has 2 aromatic carbocycles. The Hall–Kier alpha value is -2.75. The van der Waals surface area contributed by atoms with Crippen LogP contribution in [0.5, 0.6) is 0 Å². The van der Waals surface area contributed by atoms with Crippen molar-refractivity contribution in [1.29, 1.82) is 0 Å². The Bertz CT molecular complexity index is 856. The maximum atomic E-state index is 5.84. The minimum Gasteiger partial charge on any atom is -0.456 e. The third kappa shape index (κ3) is 1.50. The Morgan fingerprint density at radius 3 is 2.84 bits per heavy atom. The number of nitrogens with one attached hydrogen (secondary N) is 1. The van der Waals surface area contributed by atoms with Gasteiger partial charge in [0.1, 0.15) is 11.3 Å². The van der Waals surface area contributed by atoms with E-state index in [4.69, 9.17) is 10.2 Å². The lowest BCUT2D eigenvalue weighted by atomic mass is 10.1. The third-order valence-corrected chi connectivity index (χ3v) is 3.30. The van der Waals surface area contributed by atoms with Crippen molar-refractivity contribution in [3.05, 3.63) is 48.5 Å². The SMILES string of the molecule is Nc1n[nH]c2cc(-c3cc4ccccc4o3)ccc12. The van der Waals surface area contributed by atoms with Gasteiger partial charge in [-0.2, -0.15) is 5.10 Å². The van der Waals surface area contributed by atoms with Gasteiger partial charge in [-0.3, -0.25) is 5.10 Å². The first-order chi connectivity index (χ1) is 9.31. The molecule has 0 spiro atoms. The summed E-state index contributed by atoms with van der Waals surface area (Å²) in [6, 6.07) is 15.9. The summed E-state index contributed by atoms with van der Waals surface area (Å²) >= 11 is 0. The van der Waals surface area contributed by atoms with Crippen LogP contribution in [0.25, 0.3) is 33.2 Å². The van der Waals surface area contributed by atoms with E-state index in [1.807, 2.05) is 48.5 Å². The standard InChI is InChI=1S/C15H11N3O/c16-15-11-6-5-10(7-12(11)17-18-15)14-8-9-3-1-2-4-13(9)19-14/h1-8H,(H3,16,17,18). The molecule has 4 nitrogen and oxygen atoms in total. The molecule has 0 aliphatic rings. The Kier molecular flexibility index (Phi) is 1.94. The lowest BCUT2D eigenvalue weighted by Crippen LogP contribution is -1.83. The summed E-state index contributed by atoms with van der Waals surface area (Å²) in [5.41, 5.74) is 8.57. The Labute approximate surface area is 108 Å². The molecule has 4 heteroatoms. The molecule has 19 heavy (non-hydrogen) atoms. The fourth-order valence-electron chi connectivity index (χ4n) is 2.32. The van der Waals surface area contributed by atoms with Crippen LogP contribution in [-0.2, 0) is 0 Å². The van der Waals surface area contributed by atoms with E-state index in [9.17, 15) is 0 Å². The number of H-pyrrole nitrogens is 1. The van der Waals surface area contributed by atoms with Gasteiger partial charge in [0.25, 0.3) is 0 Å². The fourth-order valence-corrected chi connectivity index (χ4v) is 2.32. The molecular weight excluding hydrogens is 238 g/mol. The monoisotopic (exact) mass is 249 g/mol. The molecule has 4 aromatic rings. The van der Waals surface area contributed by atoms with Gasteiger partial charge in [0.15, 0.2) is 5.82 Å². The van der Waals surface area contributed by atoms with Crippen LogP contribution >= 0.6 is 0 Å². The Balaban J connectivity index is 1.93. The molecule has 0 saturated carbocycles. The van der Waals surface area contributed by atoms with Gasteiger partial charge < -0.3 is 10.2 Å². The third-order valence-electron chi connectivity index (χ3n) is 3.30. The van der Waals surface area contributed by atoms with Crippen molar-refractivity contribution in [3.8, 4) is 11.3 Å². The second-order valence-corrected chi connectivity index (χ2v) is 4.52. The fraction of sp³-hybridized carbons (Fsp3) is 0. The summed E-state index contributed by atoms with van der Waals surface area (Å²) in [6.45, 7) is 0. The van der Waals surface area contributed by atoms with Crippen molar-refractivity contribution in [2.75, 3.05) is 5.73 Å². The largest absolute Gasteiger partial charge is 0.456 e. The predicted octanol–water partition coefficient (Wildman–Crippen LogP) is 3.56. The number of anilines is 1. The van der Waals surface area contributed by atoms with E-state index >= 15 is 0 Å². The van der Waals surface area contributed by atoms with Crippen LogP contribution in [0.15, 0.2) is 52.9 Å². The number of furan rings is 1. The van der Waals surface area contributed by atoms with E-state index in [1.165, 1.54) is 0 Å². The first-order valence-corrected chi connectivity index (χ1v) is 6.04. The minimum absolute atomic E-state index is 0.520. The van der Waals surface area contributed by atoms with Crippen LogP contribution in [0, 0.1) is 0 Å². The first-order valence-electron chi connectivity index (χ1n) is 6.04. The van der Waals surface area contributed by atoms with Gasteiger partial charge in [-0.05, 0) is 24.3 Å². The van der Waals surface area contributed by atoms with Gasteiger partial charge in [0.05, 0.1) is 5.52 Å². The van der Waals surface area contributed by atoms with Gasteiger partial charge in [-0.15, -0.1) is 0 Å². The maximum absolute atomic E-state index is 5.84. The number of nitrogens with zero attached hydrogens (tertiary/aromatic N) is 1. The molecule has 92 valence electrons. The number of fused-ring (bicyclic) bond motifs is 2. The highest BCUT2D eigenvalue weighted by Gasteiger charge is 2.08. The van der Waals surface area contributed by atoms with Crippen LogP contribution in [0.3, 0.4) is 0 Å². The molecular formula is C15H11N3O. The number of hydrogen-bond acceptors (Lipinski definition) is 3. The van der Waals surface area contributed by atoms with Crippen molar-refractivity contribution in [1.82, 2.24) is 10.2 Å². The molecule has 0 radical (unpaired) electrons. The molecule has 2 heterocycles. The van der Waals surface area contributed by atoms with Gasteiger partial charge in [0.2, 0.25) is 0 Å². The van der Waals surface area contributed by atoms with Crippen LogP contribution in [-0.4, -0.2) is 10.2 Å². The topological polar surface area (TPSA) is 67.8 Å². The van der Waals surface area contributed by atoms with Gasteiger partial charge in [-0.25, -0.2) is 0 Å². The number of aromatic amines is 1. The zero-order valence-electron chi connectivity index (χ0n) is 10.1. The van der Waals surface area contributed by atoms with E-state index < -0.39 is 0 Å². The number of nitrogens with two attached hydrogens (primary N) is 1. The molecule has 0 atom stereocenters. The van der Waals surface area contributed by atoms with Crippen molar-refractivity contribution in [3.63, 3.8) is 0 Å². The molecule has 0 amide bonds. The molecule has 4 rings (SSSR count). The smallest absolute Gasteiger partial charge is 0.153 e. The minimum atomic E-state index is 0.520. The summed E-state index contributed by atoms with van der Waals surface area (Å²) in [6.07, 6.45) is 0. The van der Waals surface area contributed by atoms with Crippen molar-refractivity contribution >= 4 is 27.7 Å². The predicted molar refractivity (Wildman–Crippen MR) is 75.7 cm³/mol. The average molecular weight is 249 g/mol. The van der Waals surface area contributed by atoms with Crippen molar-refractivity contribution < 1.29 is 4.42 Å². The Morgan fingerprint density at radius 2 is 1.95 bits per heavy atom. The number of hydrogen-bond donors (Lipinski definition) is 2. The molecule has 2 aromatic heterocycles. The summed E-state index contributed by atoms with van der Waals surface area (Å²) in [5.74, 6) is 1.36. The zero-order chi connectivity index (χ0) is 12.8.